The van der Waals surface area contributed by atoms with E-state index in [1.54, 1.807) is 12.1 Å². The van der Waals surface area contributed by atoms with Crippen molar-refractivity contribution in [2.75, 3.05) is 19.6 Å². The lowest BCUT2D eigenvalue weighted by Crippen LogP contribution is -2.42. The van der Waals surface area contributed by atoms with Gasteiger partial charge in [0.25, 0.3) is 0 Å². The van der Waals surface area contributed by atoms with Crippen molar-refractivity contribution in [2.45, 2.75) is 25.9 Å². The minimum Gasteiger partial charge on any atom is -0.393 e. The van der Waals surface area contributed by atoms with Gasteiger partial charge in [-0.2, -0.15) is 0 Å². The van der Waals surface area contributed by atoms with Crippen LogP contribution in [0.3, 0.4) is 0 Å². The molecule has 0 radical (unpaired) electrons. The van der Waals surface area contributed by atoms with Crippen molar-refractivity contribution >= 4 is 33.3 Å². The number of hydrogen-bond donors (Lipinski definition) is 1. The molecule has 1 fully saturated rings. The van der Waals surface area contributed by atoms with E-state index >= 15 is 0 Å². The summed E-state index contributed by atoms with van der Waals surface area (Å²) in [5.74, 6) is 0.344. The van der Waals surface area contributed by atoms with Crippen LogP contribution in [0.5, 0.6) is 0 Å². The van der Waals surface area contributed by atoms with Gasteiger partial charge in [-0.3, -0.25) is 4.79 Å². The maximum atomic E-state index is 12.2. The minimum atomic E-state index is -0.206. The van der Waals surface area contributed by atoms with Crippen LogP contribution in [0.2, 0.25) is 5.02 Å². The van der Waals surface area contributed by atoms with Crippen molar-refractivity contribution in [2.24, 2.45) is 5.92 Å². The third-order valence-electron chi connectivity index (χ3n) is 3.83. The molecule has 0 amide bonds. The van der Waals surface area contributed by atoms with Gasteiger partial charge in [0.05, 0.1) is 11.1 Å². The number of likely N-dealkylation sites (tertiary alicyclic amines) is 1. The number of aliphatic hydroxyl groups excluding tert-OH is 1. The number of nitrogens with zero attached hydrogens (tertiary/aromatic N) is 1. The Labute approximate surface area is 133 Å². The second-order valence-electron chi connectivity index (χ2n) is 5.43. The normalized spacial score (nSPS) is 23.8. The van der Waals surface area contributed by atoms with Gasteiger partial charge >= 0.3 is 0 Å². The minimum absolute atomic E-state index is 0.0706. The number of Topliss-reactive ketones (excluding diaryl/α,β-unsaturated/α-hetero) is 1. The monoisotopic (exact) mass is 359 g/mol. The summed E-state index contributed by atoms with van der Waals surface area (Å²) >= 11 is 9.42. The molecule has 1 aromatic carbocycles. The van der Waals surface area contributed by atoms with Gasteiger partial charge in [-0.25, -0.2) is 0 Å². The Morgan fingerprint density at radius 2 is 2.30 bits per heavy atom. The first-order chi connectivity index (χ1) is 9.47. The van der Waals surface area contributed by atoms with Gasteiger partial charge in [-0.05, 0) is 30.5 Å². The Hall–Kier alpha value is -0.420. The zero-order valence-electron chi connectivity index (χ0n) is 11.5. The van der Waals surface area contributed by atoms with Crippen LogP contribution in [0, 0.1) is 5.92 Å². The SMILES string of the molecule is CC1CN(CCC(=O)c2ccc(Br)cc2Cl)CCC1O. The number of hydrogen-bond acceptors (Lipinski definition) is 3. The molecule has 1 aliphatic heterocycles. The highest BCUT2D eigenvalue weighted by molar-refractivity contribution is 9.10. The van der Waals surface area contributed by atoms with E-state index in [0.29, 0.717) is 17.0 Å². The van der Waals surface area contributed by atoms with Crippen molar-refractivity contribution < 1.29 is 9.90 Å². The second kappa shape index (κ2) is 7.03. The van der Waals surface area contributed by atoms with E-state index < -0.39 is 0 Å². The quantitative estimate of drug-likeness (QED) is 0.837. The molecule has 1 aliphatic rings. The van der Waals surface area contributed by atoms with Crippen molar-refractivity contribution in [3.8, 4) is 0 Å². The van der Waals surface area contributed by atoms with Crippen LogP contribution in [0.25, 0.3) is 0 Å². The van der Waals surface area contributed by atoms with Crippen LogP contribution in [-0.4, -0.2) is 41.5 Å². The molecule has 0 bridgehead atoms. The Kier molecular flexibility index (Phi) is 5.61. The number of carbonyl (C=O) groups is 1. The van der Waals surface area contributed by atoms with Crippen molar-refractivity contribution in [3.63, 3.8) is 0 Å². The zero-order chi connectivity index (χ0) is 14.7. The maximum absolute atomic E-state index is 12.2. The zero-order valence-corrected chi connectivity index (χ0v) is 13.8. The Morgan fingerprint density at radius 1 is 1.55 bits per heavy atom. The number of piperidine rings is 1. The van der Waals surface area contributed by atoms with E-state index in [-0.39, 0.29) is 17.8 Å². The van der Waals surface area contributed by atoms with Gasteiger partial charge in [0.2, 0.25) is 0 Å². The summed E-state index contributed by atoms with van der Waals surface area (Å²) < 4.78 is 0.873. The van der Waals surface area contributed by atoms with E-state index in [0.717, 1.165) is 30.5 Å². The standard InChI is InChI=1S/C15H19BrClNO2/c1-10-9-18(6-4-14(10)19)7-5-15(20)12-3-2-11(16)8-13(12)17/h2-3,8,10,14,19H,4-7,9H2,1H3. The molecule has 0 saturated carbocycles. The van der Waals surface area contributed by atoms with E-state index in [2.05, 4.69) is 20.8 Å². The van der Waals surface area contributed by atoms with Crippen LogP contribution in [0.1, 0.15) is 30.1 Å². The molecule has 2 rings (SSSR count). The Bertz CT molecular complexity index is 495. The fraction of sp³-hybridized carbons (Fsp3) is 0.533. The molecule has 1 heterocycles. The number of rotatable bonds is 4. The van der Waals surface area contributed by atoms with E-state index in [1.807, 2.05) is 13.0 Å². The number of benzene rings is 1. The molecule has 0 spiro atoms. The molecule has 0 aromatic heterocycles. The summed E-state index contributed by atoms with van der Waals surface area (Å²) in [5.41, 5.74) is 0.583. The Morgan fingerprint density at radius 3 is 2.95 bits per heavy atom. The molecule has 20 heavy (non-hydrogen) atoms. The molecular weight excluding hydrogens is 342 g/mol. The average molecular weight is 361 g/mol. The molecule has 1 aromatic rings. The third kappa shape index (κ3) is 4.04. The summed E-state index contributed by atoms with van der Waals surface area (Å²) in [7, 11) is 0. The summed E-state index contributed by atoms with van der Waals surface area (Å²) in [6, 6.07) is 5.34. The largest absolute Gasteiger partial charge is 0.393 e. The van der Waals surface area contributed by atoms with Crippen LogP contribution < -0.4 is 0 Å². The first kappa shape index (κ1) is 16.0. The highest BCUT2D eigenvalue weighted by atomic mass is 79.9. The summed E-state index contributed by atoms with van der Waals surface area (Å²) in [6.45, 7) is 4.47. The second-order valence-corrected chi connectivity index (χ2v) is 6.75. The van der Waals surface area contributed by atoms with Gasteiger partial charge in [0.15, 0.2) is 5.78 Å². The first-order valence-corrected chi connectivity index (χ1v) is 8.03. The topological polar surface area (TPSA) is 40.5 Å². The maximum Gasteiger partial charge on any atom is 0.165 e. The number of carbonyl (C=O) groups excluding carboxylic acids is 1. The lowest BCUT2D eigenvalue weighted by Gasteiger charge is -2.34. The summed E-state index contributed by atoms with van der Waals surface area (Å²) in [6.07, 6.45) is 1.04. The van der Waals surface area contributed by atoms with E-state index in [4.69, 9.17) is 11.6 Å². The third-order valence-corrected chi connectivity index (χ3v) is 4.64. The van der Waals surface area contributed by atoms with Crippen molar-refractivity contribution in [3.05, 3.63) is 33.3 Å². The van der Waals surface area contributed by atoms with Crippen LogP contribution >= 0.6 is 27.5 Å². The molecule has 2 unspecified atom stereocenters. The van der Waals surface area contributed by atoms with Crippen LogP contribution in [0.4, 0.5) is 0 Å². The van der Waals surface area contributed by atoms with Gasteiger partial charge in [-0.1, -0.05) is 34.5 Å². The lowest BCUT2D eigenvalue weighted by molar-refractivity contribution is 0.0346. The van der Waals surface area contributed by atoms with Crippen LogP contribution in [0.15, 0.2) is 22.7 Å². The predicted octanol–water partition coefficient (Wildman–Crippen LogP) is 3.38. The number of ketones is 1. The smallest absolute Gasteiger partial charge is 0.165 e. The highest BCUT2D eigenvalue weighted by Crippen LogP contribution is 2.23. The average Bonchev–Trinajstić information content (AvgIpc) is 2.40. The van der Waals surface area contributed by atoms with Gasteiger partial charge < -0.3 is 10.0 Å². The molecule has 1 saturated heterocycles. The van der Waals surface area contributed by atoms with Crippen molar-refractivity contribution in [1.82, 2.24) is 4.90 Å². The number of halogens is 2. The fourth-order valence-electron chi connectivity index (χ4n) is 2.53. The molecule has 3 nitrogen and oxygen atoms in total. The van der Waals surface area contributed by atoms with Gasteiger partial charge in [0, 0.05) is 36.1 Å². The van der Waals surface area contributed by atoms with Crippen molar-refractivity contribution in [1.29, 1.82) is 0 Å². The molecule has 0 aliphatic carbocycles. The lowest BCUT2D eigenvalue weighted by atomic mass is 9.96. The first-order valence-electron chi connectivity index (χ1n) is 6.86. The number of aliphatic hydroxyl groups is 1. The molecule has 110 valence electrons. The van der Waals surface area contributed by atoms with E-state index in [1.165, 1.54) is 0 Å². The summed E-state index contributed by atoms with van der Waals surface area (Å²) in [5, 5.41) is 10.2. The molecular formula is C15H19BrClNO2. The highest BCUT2D eigenvalue weighted by Gasteiger charge is 2.24. The molecule has 1 N–H and O–H groups in total. The van der Waals surface area contributed by atoms with E-state index in [9.17, 15) is 9.90 Å². The Balaban J connectivity index is 1.89. The fourth-order valence-corrected chi connectivity index (χ4v) is 3.31. The molecule has 2 atom stereocenters. The van der Waals surface area contributed by atoms with Gasteiger partial charge in [0.1, 0.15) is 0 Å². The van der Waals surface area contributed by atoms with Gasteiger partial charge in [-0.15, -0.1) is 0 Å². The molecule has 5 heteroatoms. The summed E-state index contributed by atoms with van der Waals surface area (Å²) in [4.78, 5) is 14.4. The van der Waals surface area contributed by atoms with Crippen LogP contribution in [-0.2, 0) is 0 Å². The predicted molar refractivity (Wildman–Crippen MR) is 84.3 cm³/mol.